The third-order valence-electron chi connectivity index (χ3n) is 9.67. The van der Waals surface area contributed by atoms with Crippen molar-refractivity contribution >= 4 is 16.0 Å². The topological polar surface area (TPSA) is 91.3 Å². The van der Waals surface area contributed by atoms with Crippen LogP contribution in [0.25, 0.3) is 0 Å². The van der Waals surface area contributed by atoms with Crippen molar-refractivity contribution in [2.75, 3.05) is 72.4 Å². The van der Waals surface area contributed by atoms with Gasteiger partial charge in [-0.3, -0.25) is 4.90 Å². The smallest absolute Gasteiger partial charge is 0.243 e. The summed E-state index contributed by atoms with van der Waals surface area (Å²) in [5.41, 5.74) is 2.86. The number of hydrogen-bond acceptors (Lipinski definition) is 9. The van der Waals surface area contributed by atoms with E-state index in [9.17, 15) is 8.42 Å². The molecule has 0 bridgehead atoms. The lowest BCUT2D eigenvalue weighted by Gasteiger charge is -2.46. The molecule has 2 saturated heterocycles. The van der Waals surface area contributed by atoms with Gasteiger partial charge in [-0.1, -0.05) is 30.3 Å². The summed E-state index contributed by atoms with van der Waals surface area (Å²) < 4.78 is 40.5. The van der Waals surface area contributed by atoms with Gasteiger partial charge in [-0.2, -0.15) is 9.29 Å². The van der Waals surface area contributed by atoms with E-state index in [1.54, 1.807) is 35.8 Å². The fraction of sp³-hybridized carbons (Fsp3) is 0.543. The van der Waals surface area contributed by atoms with Crippen LogP contribution in [0.1, 0.15) is 48.8 Å². The van der Waals surface area contributed by atoms with Crippen LogP contribution in [0.5, 0.6) is 11.6 Å². The number of ether oxygens (including phenoxy) is 2. The van der Waals surface area contributed by atoms with E-state index in [-0.39, 0.29) is 18.2 Å². The molecule has 2 aromatic carbocycles. The van der Waals surface area contributed by atoms with E-state index in [0.717, 1.165) is 51.9 Å². The molecule has 46 heavy (non-hydrogen) atoms. The lowest BCUT2D eigenvalue weighted by atomic mass is 9.80. The number of aromatic nitrogens is 2. The summed E-state index contributed by atoms with van der Waals surface area (Å²) in [5.74, 6) is 1.73. The molecular weight excluding hydrogens is 600 g/mol. The number of anilines is 1. The fourth-order valence-corrected chi connectivity index (χ4v) is 8.98. The molecule has 3 heterocycles. The summed E-state index contributed by atoms with van der Waals surface area (Å²) in [6, 6.07) is 16.2. The molecule has 1 unspecified atom stereocenters. The number of piperidine rings is 2. The highest BCUT2D eigenvalue weighted by molar-refractivity contribution is 7.89. The van der Waals surface area contributed by atoms with E-state index in [1.807, 2.05) is 20.9 Å². The molecule has 3 aromatic rings. The van der Waals surface area contributed by atoms with Gasteiger partial charge in [-0.25, -0.2) is 13.4 Å². The van der Waals surface area contributed by atoms with Crippen LogP contribution < -0.4 is 14.4 Å². The summed E-state index contributed by atoms with van der Waals surface area (Å²) in [6.07, 6.45) is 6.13. The number of nitrogens with zero attached hydrogens (tertiary/aromatic N) is 6. The Hall–Kier alpha value is -3.25. The van der Waals surface area contributed by atoms with Crippen molar-refractivity contribution in [3.05, 3.63) is 71.4 Å². The Bertz CT molecular complexity index is 1540. The third kappa shape index (κ3) is 7.48. The molecule has 2 aliphatic rings. The standard InChI is InChI=1S/C35H50N6O4S/c1-27-24-31(44-6)25-28(2)33(27)46(42,43)41-21-10-14-30(26-41)45-32-15-18-36-34(37-32)39(5)19-11-20-40-22-16-35(17-23-40,38(3)4)29-12-8-7-9-13-29/h7-9,12-13,15,18,24-25,30H,10-11,14,16-17,19-23,26H2,1-6H3. The predicted molar refractivity (Wildman–Crippen MR) is 182 cm³/mol. The molecule has 0 spiro atoms. The highest BCUT2D eigenvalue weighted by Crippen LogP contribution is 2.37. The Labute approximate surface area is 275 Å². The zero-order valence-electron chi connectivity index (χ0n) is 28.3. The summed E-state index contributed by atoms with van der Waals surface area (Å²) >= 11 is 0. The van der Waals surface area contributed by atoms with E-state index < -0.39 is 10.0 Å². The van der Waals surface area contributed by atoms with E-state index >= 15 is 0 Å². The normalized spacial score (nSPS) is 19.2. The highest BCUT2D eigenvalue weighted by atomic mass is 32.2. The predicted octanol–water partition coefficient (Wildman–Crippen LogP) is 4.71. The Balaban J connectivity index is 1.13. The average Bonchev–Trinajstić information content (AvgIpc) is 3.05. The van der Waals surface area contributed by atoms with Crippen LogP contribution in [0.2, 0.25) is 0 Å². The first-order chi connectivity index (χ1) is 22.0. The summed E-state index contributed by atoms with van der Waals surface area (Å²) in [4.78, 5) is 16.6. The lowest BCUT2D eigenvalue weighted by molar-refractivity contribution is 0.0537. The van der Waals surface area contributed by atoms with Crippen LogP contribution in [-0.4, -0.2) is 106 Å². The minimum absolute atomic E-state index is 0.0932. The number of hydrogen-bond donors (Lipinski definition) is 0. The zero-order valence-corrected chi connectivity index (χ0v) is 29.1. The molecule has 11 heteroatoms. The largest absolute Gasteiger partial charge is 0.497 e. The Morgan fingerprint density at radius 3 is 2.35 bits per heavy atom. The van der Waals surface area contributed by atoms with Crippen molar-refractivity contribution in [3.63, 3.8) is 0 Å². The maximum Gasteiger partial charge on any atom is 0.243 e. The Morgan fingerprint density at radius 1 is 1.00 bits per heavy atom. The van der Waals surface area contributed by atoms with Crippen molar-refractivity contribution < 1.29 is 17.9 Å². The van der Waals surface area contributed by atoms with Crippen molar-refractivity contribution in [3.8, 4) is 11.6 Å². The SMILES string of the molecule is COc1cc(C)c(S(=O)(=O)N2CCCC(Oc3ccnc(N(C)CCCN4CCC(c5ccccc5)(N(C)C)CC4)n3)C2)c(C)c1. The Kier molecular flexibility index (Phi) is 10.9. The molecular formula is C35H50N6O4S. The van der Waals surface area contributed by atoms with Gasteiger partial charge in [-0.05, 0) is 95.4 Å². The first kappa shape index (κ1) is 34.1. The van der Waals surface area contributed by atoms with Crippen LogP contribution >= 0.6 is 0 Å². The molecule has 2 aliphatic heterocycles. The second-order valence-corrected chi connectivity index (χ2v) is 14.8. The maximum absolute atomic E-state index is 13.7. The van der Waals surface area contributed by atoms with Crippen molar-refractivity contribution in [1.29, 1.82) is 0 Å². The number of likely N-dealkylation sites (tertiary alicyclic amines) is 1. The van der Waals surface area contributed by atoms with Crippen LogP contribution in [0.4, 0.5) is 5.95 Å². The van der Waals surface area contributed by atoms with Crippen LogP contribution in [-0.2, 0) is 15.6 Å². The molecule has 250 valence electrons. The molecule has 1 atom stereocenters. The molecule has 0 aliphatic carbocycles. The molecule has 5 rings (SSSR count). The van der Waals surface area contributed by atoms with Gasteiger partial charge in [-0.15, -0.1) is 0 Å². The molecule has 0 radical (unpaired) electrons. The summed E-state index contributed by atoms with van der Waals surface area (Å²) in [7, 11) is 4.31. The fourth-order valence-electron chi connectivity index (χ4n) is 7.06. The van der Waals surface area contributed by atoms with Gasteiger partial charge in [0.1, 0.15) is 11.9 Å². The molecule has 2 fully saturated rings. The van der Waals surface area contributed by atoms with E-state index in [0.29, 0.717) is 46.6 Å². The van der Waals surface area contributed by atoms with Gasteiger partial charge in [0.05, 0.1) is 18.6 Å². The third-order valence-corrected chi connectivity index (χ3v) is 11.8. The summed E-state index contributed by atoms with van der Waals surface area (Å²) in [6.45, 7) is 8.36. The van der Waals surface area contributed by atoms with Crippen molar-refractivity contribution in [1.82, 2.24) is 24.1 Å². The number of methoxy groups -OCH3 is 1. The number of benzene rings is 2. The first-order valence-electron chi connectivity index (χ1n) is 16.3. The minimum atomic E-state index is -3.69. The molecule has 0 saturated carbocycles. The van der Waals surface area contributed by atoms with Gasteiger partial charge in [0.15, 0.2) is 0 Å². The van der Waals surface area contributed by atoms with E-state index in [1.165, 1.54) is 5.56 Å². The van der Waals surface area contributed by atoms with E-state index in [2.05, 4.69) is 69.1 Å². The van der Waals surface area contributed by atoms with Crippen LogP contribution in [0, 0.1) is 13.8 Å². The average molecular weight is 651 g/mol. The van der Waals surface area contributed by atoms with Crippen molar-refractivity contribution in [2.24, 2.45) is 0 Å². The van der Waals surface area contributed by atoms with Gasteiger partial charge in [0.25, 0.3) is 0 Å². The van der Waals surface area contributed by atoms with Gasteiger partial charge >= 0.3 is 0 Å². The number of rotatable bonds is 12. The second kappa shape index (κ2) is 14.7. The van der Waals surface area contributed by atoms with Crippen LogP contribution in [0.15, 0.2) is 59.6 Å². The number of sulfonamides is 1. The molecule has 0 amide bonds. The zero-order chi connectivity index (χ0) is 32.9. The quantitative estimate of drug-likeness (QED) is 0.276. The molecule has 10 nitrogen and oxygen atoms in total. The molecule has 1 aromatic heterocycles. The monoisotopic (exact) mass is 650 g/mol. The molecule has 0 N–H and O–H groups in total. The van der Waals surface area contributed by atoms with Crippen LogP contribution in [0.3, 0.4) is 0 Å². The lowest BCUT2D eigenvalue weighted by Crippen LogP contribution is -2.50. The first-order valence-corrected chi connectivity index (χ1v) is 17.8. The van der Waals surface area contributed by atoms with Gasteiger partial charge in [0.2, 0.25) is 21.9 Å². The van der Waals surface area contributed by atoms with E-state index in [4.69, 9.17) is 9.47 Å². The van der Waals surface area contributed by atoms with Gasteiger partial charge < -0.3 is 19.3 Å². The highest BCUT2D eigenvalue weighted by Gasteiger charge is 2.38. The Morgan fingerprint density at radius 2 is 1.70 bits per heavy atom. The van der Waals surface area contributed by atoms with Crippen molar-refractivity contribution in [2.45, 2.75) is 62.5 Å². The van der Waals surface area contributed by atoms with Gasteiger partial charge in [0, 0.05) is 51.0 Å². The number of aryl methyl sites for hydroxylation is 2. The minimum Gasteiger partial charge on any atom is -0.497 e. The maximum atomic E-state index is 13.7. The second-order valence-electron chi connectivity index (χ2n) is 12.9. The summed E-state index contributed by atoms with van der Waals surface area (Å²) in [5, 5.41) is 0.